The second kappa shape index (κ2) is 6.14. The molecule has 0 bridgehead atoms. The number of benzene rings is 1. The van der Waals surface area contributed by atoms with E-state index >= 15 is 0 Å². The molecule has 106 valence electrons. The van der Waals surface area contributed by atoms with Gasteiger partial charge in [0.2, 0.25) is 0 Å². The molecule has 0 aliphatic heterocycles. The van der Waals surface area contributed by atoms with Gasteiger partial charge in [0.05, 0.1) is 0 Å². The van der Waals surface area contributed by atoms with Crippen LogP contribution >= 0.6 is 31.9 Å². The van der Waals surface area contributed by atoms with Gasteiger partial charge in [-0.25, -0.2) is 0 Å². The molecule has 3 nitrogen and oxygen atoms in total. The average molecular weight is 400 g/mol. The van der Waals surface area contributed by atoms with Gasteiger partial charge in [-0.15, -0.1) is 0 Å². The van der Waals surface area contributed by atoms with Crippen LogP contribution in [0.25, 0.3) is 0 Å². The van der Waals surface area contributed by atoms with Crippen molar-refractivity contribution >= 4 is 43.5 Å². The molecule has 2 rings (SSSR count). The van der Waals surface area contributed by atoms with Crippen molar-refractivity contribution in [3.63, 3.8) is 0 Å². The Labute approximate surface area is 135 Å². The lowest BCUT2D eigenvalue weighted by molar-refractivity contribution is 0.101. The minimum atomic E-state index is -0.0916. The molecule has 1 aromatic heterocycles. The standard InChI is InChI=1S/C15H16Br2N2O/c1-4-19-8-12(17)7-13(19)15(20)18-14-9(2)5-11(16)6-10(14)3/h5-8H,4H2,1-3H3,(H,18,20). The maximum Gasteiger partial charge on any atom is 0.272 e. The summed E-state index contributed by atoms with van der Waals surface area (Å²) in [5.74, 6) is -0.0916. The summed E-state index contributed by atoms with van der Waals surface area (Å²) in [5.41, 5.74) is 3.61. The van der Waals surface area contributed by atoms with Crippen molar-refractivity contribution in [1.82, 2.24) is 4.57 Å². The molecule has 0 saturated heterocycles. The number of amides is 1. The van der Waals surface area contributed by atoms with Gasteiger partial charge in [-0.2, -0.15) is 0 Å². The third-order valence-corrected chi connectivity index (χ3v) is 4.06. The number of aryl methyl sites for hydroxylation is 3. The van der Waals surface area contributed by atoms with Crippen LogP contribution in [0.5, 0.6) is 0 Å². The molecule has 2 aromatic rings. The van der Waals surface area contributed by atoms with Gasteiger partial charge in [0.15, 0.2) is 0 Å². The monoisotopic (exact) mass is 398 g/mol. The zero-order chi connectivity index (χ0) is 14.9. The summed E-state index contributed by atoms with van der Waals surface area (Å²) in [7, 11) is 0. The molecule has 0 aliphatic carbocycles. The molecule has 1 N–H and O–H groups in total. The number of aromatic nitrogens is 1. The average Bonchev–Trinajstić information content (AvgIpc) is 2.75. The topological polar surface area (TPSA) is 34.0 Å². The van der Waals surface area contributed by atoms with E-state index < -0.39 is 0 Å². The van der Waals surface area contributed by atoms with E-state index in [0.29, 0.717) is 5.69 Å². The van der Waals surface area contributed by atoms with Gasteiger partial charge in [0, 0.05) is 27.4 Å². The third kappa shape index (κ3) is 3.15. The largest absolute Gasteiger partial charge is 0.343 e. The summed E-state index contributed by atoms with van der Waals surface area (Å²) in [5, 5.41) is 3.01. The molecule has 0 aliphatic rings. The van der Waals surface area contributed by atoms with Gasteiger partial charge in [-0.1, -0.05) is 15.9 Å². The molecule has 0 fully saturated rings. The molecular formula is C15H16Br2N2O. The van der Waals surface area contributed by atoms with Crippen LogP contribution in [0.15, 0.2) is 33.3 Å². The smallest absolute Gasteiger partial charge is 0.272 e. The Balaban J connectivity index is 2.32. The van der Waals surface area contributed by atoms with Gasteiger partial charge in [0.1, 0.15) is 5.69 Å². The third-order valence-electron chi connectivity index (χ3n) is 3.17. The Morgan fingerprint density at radius 2 is 1.75 bits per heavy atom. The number of nitrogens with one attached hydrogen (secondary N) is 1. The van der Waals surface area contributed by atoms with Crippen LogP contribution in [0, 0.1) is 13.8 Å². The van der Waals surface area contributed by atoms with E-state index in [-0.39, 0.29) is 5.91 Å². The van der Waals surface area contributed by atoms with Crippen LogP contribution < -0.4 is 5.32 Å². The molecule has 1 amide bonds. The van der Waals surface area contributed by atoms with Crippen molar-refractivity contribution in [1.29, 1.82) is 0 Å². The number of halogens is 2. The first-order chi connectivity index (χ1) is 9.42. The second-order valence-corrected chi connectivity index (χ2v) is 6.53. The Morgan fingerprint density at radius 1 is 1.15 bits per heavy atom. The van der Waals surface area contributed by atoms with E-state index in [1.54, 1.807) is 0 Å². The number of carbonyl (C=O) groups excluding carboxylic acids is 1. The van der Waals surface area contributed by atoms with Crippen LogP contribution in [-0.4, -0.2) is 10.5 Å². The summed E-state index contributed by atoms with van der Waals surface area (Å²) >= 11 is 6.87. The van der Waals surface area contributed by atoms with E-state index in [9.17, 15) is 4.79 Å². The first-order valence-corrected chi connectivity index (χ1v) is 7.94. The second-order valence-electron chi connectivity index (χ2n) is 4.70. The Kier molecular flexibility index (Phi) is 4.70. The summed E-state index contributed by atoms with van der Waals surface area (Å²) in [6.45, 7) is 6.75. The highest BCUT2D eigenvalue weighted by molar-refractivity contribution is 9.10. The predicted octanol–water partition coefficient (Wildman–Crippen LogP) is 4.90. The van der Waals surface area contributed by atoms with E-state index in [0.717, 1.165) is 32.3 Å². The lowest BCUT2D eigenvalue weighted by Crippen LogP contribution is -2.17. The molecule has 0 atom stereocenters. The van der Waals surface area contributed by atoms with Gasteiger partial charge in [-0.05, 0) is 66.0 Å². The van der Waals surface area contributed by atoms with Crippen LogP contribution in [0.1, 0.15) is 28.5 Å². The Morgan fingerprint density at radius 3 is 2.30 bits per heavy atom. The number of hydrogen-bond donors (Lipinski definition) is 1. The van der Waals surface area contributed by atoms with Crippen molar-refractivity contribution in [2.45, 2.75) is 27.3 Å². The van der Waals surface area contributed by atoms with Gasteiger partial charge >= 0.3 is 0 Å². The van der Waals surface area contributed by atoms with Crippen molar-refractivity contribution in [2.75, 3.05) is 5.32 Å². The lowest BCUT2D eigenvalue weighted by Gasteiger charge is -2.13. The van der Waals surface area contributed by atoms with Gasteiger partial charge in [0.25, 0.3) is 5.91 Å². The molecule has 1 heterocycles. The normalized spacial score (nSPS) is 10.7. The van der Waals surface area contributed by atoms with E-state index in [2.05, 4.69) is 37.2 Å². The molecule has 5 heteroatoms. The Hall–Kier alpha value is -1.07. The van der Waals surface area contributed by atoms with Crippen molar-refractivity contribution in [3.8, 4) is 0 Å². The first-order valence-electron chi connectivity index (χ1n) is 6.36. The van der Waals surface area contributed by atoms with Crippen molar-refractivity contribution in [2.24, 2.45) is 0 Å². The van der Waals surface area contributed by atoms with Crippen LogP contribution in [0.3, 0.4) is 0 Å². The van der Waals surface area contributed by atoms with Crippen LogP contribution in [0.4, 0.5) is 5.69 Å². The summed E-state index contributed by atoms with van der Waals surface area (Å²) in [6.07, 6.45) is 1.91. The first kappa shape index (κ1) is 15.3. The molecule has 0 spiro atoms. The molecule has 0 unspecified atom stereocenters. The molecule has 1 aromatic carbocycles. The minimum Gasteiger partial charge on any atom is -0.343 e. The maximum atomic E-state index is 12.4. The maximum absolute atomic E-state index is 12.4. The highest BCUT2D eigenvalue weighted by atomic mass is 79.9. The van der Waals surface area contributed by atoms with Crippen molar-refractivity contribution < 1.29 is 4.79 Å². The van der Waals surface area contributed by atoms with E-state index in [4.69, 9.17) is 0 Å². The molecule has 0 saturated carbocycles. The molecule has 0 radical (unpaired) electrons. The number of nitrogens with zero attached hydrogens (tertiary/aromatic N) is 1. The fraction of sp³-hybridized carbons (Fsp3) is 0.267. The predicted molar refractivity (Wildman–Crippen MR) is 89.4 cm³/mol. The SMILES string of the molecule is CCn1cc(Br)cc1C(=O)Nc1c(C)cc(Br)cc1C. The van der Waals surface area contributed by atoms with Crippen molar-refractivity contribution in [3.05, 3.63) is 50.2 Å². The summed E-state index contributed by atoms with van der Waals surface area (Å²) in [6, 6.07) is 5.83. The lowest BCUT2D eigenvalue weighted by atomic mass is 10.1. The highest BCUT2D eigenvalue weighted by Crippen LogP contribution is 2.26. The zero-order valence-corrected chi connectivity index (χ0v) is 14.8. The highest BCUT2D eigenvalue weighted by Gasteiger charge is 2.14. The van der Waals surface area contributed by atoms with Crippen LogP contribution in [-0.2, 0) is 6.54 Å². The quantitative estimate of drug-likeness (QED) is 0.782. The fourth-order valence-corrected chi connectivity index (χ4v) is 3.36. The van der Waals surface area contributed by atoms with Crippen LogP contribution in [0.2, 0.25) is 0 Å². The van der Waals surface area contributed by atoms with E-state index in [1.807, 2.05) is 49.7 Å². The van der Waals surface area contributed by atoms with Gasteiger partial charge < -0.3 is 9.88 Å². The minimum absolute atomic E-state index is 0.0916. The summed E-state index contributed by atoms with van der Waals surface area (Å²) < 4.78 is 3.85. The number of anilines is 1. The van der Waals surface area contributed by atoms with E-state index in [1.165, 1.54) is 0 Å². The molecular weight excluding hydrogens is 384 g/mol. The zero-order valence-electron chi connectivity index (χ0n) is 11.6. The Bertz CT molecular complexity index is 639. The number of carbonyl (C=O) groups is 1. The molecule has 20 heavy (non-hydrogen) atoms. The number of rotatable bonds is 3. The van der Waals surface area contributed by atoms with Gasteiger partial charge in [-0.3, -0.25) is 4.79 Å². The fourth-order valence-electron chi connectivity index (χ4n) is 2.21. The summed E-state index contributed by atoms with van der Waals surface area (Å²) in [4.78, 5) is 12.4. The number of hydrogen-bond acceptors (Lipinski definition) is 1.